The number of benzene rings is 1. The van der Waals surface area contributed by atoms with Crippen LogP contribution in [0, 0.1) is 0 Å². The van der Waals surface area contributed by atoms with Crippen molar-refractivity contribution in [2.75, 3.05) is 0 Å². The Morgan fingerprint density at radius 1 is 1.10 bits per heavy atom. The smallest absolute Gasteiger partial charge is 0.374 e. The number of aliphatic hydroxyl groups is 2. The molecule has 0 bridgehead atoms. The third-order valence-corrected chi connectivity index (χ3v) is 6.13. The standard InChI is InChI=1S/C19H12Cl3F3N2O3/c20-11-6-9(7-12(21)16(11)22)18(19(23,24)25)8-13(26-30-18)15-4-3-10(17(28)29)14-2-1-5-27(14)15/h1-7,17,28-29H,8H2. The summed E-state index contributed by atoms with van der Waals surface area (Å²) >= 11 is 17.8. The summed E-state index contributed by atoms with van der Waals surface area (Å²) in [5.41, 5.74) is -2.23. The van der Waals surface area contributed by atoms with Crippen molar-refractivity contribution >= 4 is 46.0 Å². The summed E-state index contributed by atoms with van der Waals surface area (Å²) in [6.07, 6.45) is -5.68. The minimum atomic E-state index is -4.85. The molecule has 1 atom stereocenters. The third-order valence-electron chi connectivity index (χ3n) is 4.93. The molecule has 11 heteroatoms. The van der Waals surface area contributed by atoms with Crippen molar-refractivity contribution in [1.29, 1.82) is 0 Å². The number of hydrogen-bond acceptors (Lipinski definition) is 4. The molecular weight excluding hydrogens is 468 g/mol. The van der Waals surface area contributed by atoms with Gasteiger partial charge in [0, 0.05) is 17.3 Å². The summed E-state index contributed by atoms with van der Waals surface area (Å²) in [7, 11) is 0. The largest absolute Gasteiger partial charge is 0.435 e. The average molecular weight is 480 g/mol. The molecule has 2 N–H and O–H groups in total. The number of oxime groups is 1. The number of pyridine rings is 1. The molecule has 0 spiro atoms. The van der Waals surface area contributed by atoms with E-state index in [2.05, 4.69) is 5.16 Å². The highest BCUT2D eigenvalue weighted by atomic mass is 35.5. The molecule has 30 heavy (non-hydrogen) atoms. The zero-order valence-electron chi connectivity index (χ0n) is 14.8. The van der Waals surface area contributed by atoms with E-state index in [0.717, 1.165) is 12.1 Å². The highest BCUT2D eigenvalue weighted by Crippen LogP contribution is 2.50. The summed E-state index contributed by atoms with van der Waals surface area (Å²) in [4.78, 5) is 5.00. The van der Waals surface area contributed by atoms with Crippen molar-refractivity contribution < 1.29 is 28.2 Å². The number of rotatable bonds is 3. The van der Waals surface area contributed by atoms with Gasteiger partial charge in [-0.3, -0.25) is 0 Å². The Hall–Kier alpha value is -1.97. The number of nitrogens with zero attached hydrogens (tertiary/aromatic N) is 2. The Morgan fingerprint density at radius 3 is 2.37 bits per heavy atom. The van der Waals surface area contributed by atoms with Gasteiger partial charge in [0.1, 0.15) is 5.71 Å². The minimum Gasteiger partial charge on any atom is -0.374 e. The van der Waals surface area contributed by atoms with Gasteiger partial charge in [0.25, 0.3) is 5.60 Å². The van der Waals surface area contributed by atoms with Crippen LogP contribution in [0.4, 0.5) is 13.2 Å². The first-order chi connectivity index (χ1) is 14.0. The molecule has 0 aliphatic carbocycles. The number of alkyl halides is 3. The van der Waals surface area contributed by atoms with Gasteiger partial charge in [-0.05, 0) is 36.4 Å². The van der Waals surface area contributed by atoms with E-state index in [-0.39, 0.29) is 31.9 Å². The van der Waals surface area contributed by atoms with Crippen LogP contribution in [0.1, 0.15) is 29.5 Å². The normalized spacial score (nSPS) is 19.4. The fourth-order valence-electron chi connectivity index (χ4n) is 3.44. The highest BCUT2D eigenvalue weighted by Gasteiger charge is 2.62. The second-order valence-electron chi connectivity index (χ2n) is 6.70. The average Bonchev–Trinajstić information content (AvgIpc) is 3.32. The van der Waals surface area contributed by atoms with Gasteiger partial charge in [-0.1, -0.05) is 40.0 Å². The lowest BCUT2D eigenvalue weighted by Crippen LogP contribution is -2.42. The molecule has 3 heterocycles. The van der Waals surface area contributed by atoms with E-state index in [1.54, 1.807) is 18.3 Å². The zero-order chi connectivity index (χ0) is 21.8. The lowest BCUT2D eigenvalue weighted by atomic mass is 9.87. The molecule has 1 unspecified atom stereocenters. The van der Waals surface area contributed by atoms with E-state index in [9.17, 15) is 23.4 Å². The van der Waals surface area contributed by atoms with E-state index in [1.165, 1.54) is 16.5 Å². The maximum atomic E-state index is 14.2. The number of aromatic nitrogens is 1. The first-order valence-electron chi connectivity index (χ1n) is 8.48. The molecule has 3 aromatic rings. The Balaban J connectivity index is 1.82. The van der Waals surface area contributed by atoms with Crippen LogP contribution in [0.3, 0.4) is 0 Å². The molecule has 1 aromatic carbocycles. The van der Waals surface area contributed by atoms with Gasteiger partial charge in [0.2, 0.25) is 0 Å². The molecule has 0 saturated heterocycles. The molecule has 1 aliphatic rings. The maximum absolute atomic E-state index is 14.2. The topological polar surface area (TPSA) is 66.5 Å². The summed E-state index contributed by atoms with van der Waals surface area (Å²) in [6.45, 7) is 0. The molecule has 2 aromatic heterocycles. The Kier molecular flexibility index (Phi) is 5.19. The quantitative estimate of drug-likeness (QED) is 0.387. The van der Waals surface area contributed by atoms with Gasteiger partial charge in [0.05, 0.1) is 32.7 Å². The zero-order valence-corrected chi connectivity index (χ0v) is 17.1. The lowest BCUT2D eigenvalue weighted by molar-refractivity contribution is -0.275. The van der Waals surface area contributed by atoms with Crippen LogP contribution < -0.4 is 0 Å². The first-order valence-corrected chi connectivity index (χ1v) is 9.62. The van der Waals surface area contributed by atoms with E-state index in [0.29, 0.717) is 11.2 Å². The van der Waals surface area contributed by atoms with Gasteiger partial charge < -0.3 is 19.5 Å². The Bertz CT molecular complexity index is 1150. The second-order valence-corrected chi connectivity index (χ2v) is 7.89. The molecule has 4 rings (SSSR count). The second kappa shape index (κ2) is 7.32. The SMILES string of the molecule is OC(O)c1ccc(C2=NOC(c3cc(Cl)c(Cl)c(Cl)c3)(C(F)(F)F)C2)n2cccc12. The van der Waals surface area contributed by atoms with E-state index < -0.39 is 24.5 Å². The number of fused-ring (bicyclic) bond motifs is 1. The van der Waals surface area contributed by atoms with Gasteiger partial charge in [-0.25, -0.2) is 0 Å². The molecule has 0 saturated carbocycles. The monoisotopic (exact) mass is 478 g/mol. The van der Waals surface area contributed by atoms with Crippen molar-refractivity contribution in [2.24, 2.45) is 5.16 Å². The van der Waals surface area contributed by atoms with Gasteiger partial charge in [0.15, 0.2) is 6.29 Å². The molecule has 5 nitrogen and oxygen atoms in total. The van der Waals surface area contributed by atoms with Crippen molar-refractivity contribution in [3.63, 3.8) is 0 Å². The molecule has 158 valence electrons. The van der Waals surface area contributed by atoms with Crippen molar-refractivity contribution in [2.45, 2.75) is 24.5 Å². The predicted molar refractivity (Wildman–Crippen MR) is 106 cm³/mol. The lowest BCUT2D eigenvalue weighted by Gasteiger charge is -2.30. The Labute approximate surface area is 182 Å². The fraction of sp³-hybridized carbons (Fsp3) is 0.211. The molecule has 0 radical (unpaired) electrons. The van der Waals surface area contributed by atoms with Gasteiger partial charge in [-0.15, -0.1) is 0 Å². The molecule has 0 amide bonds. The van der Waals surface area contributed by atoms with Crippen molar-refractivity contribution in [3.05, 3.63) is 74.5 Å². The first kappa shape index (κ1) is 21.3. The van der Waals surface area contributed by atoms with Crippen LogP contribution in [-0.4, -0.2) is 26.5 Å². The summed E-state index contributed by atoms with van der Waals surface area (Å²) < 4.78 is 44.1. The number of aliphatic hydroxyl groups excluding tert-OH is 1. The van der Waals surface area contributed by atoms with Crippen molar-refractivity contribution in [1.82, 2.24) is 4.40 Å². The molecular formula is C19H12Cl3F3N2O3. The van der Waals surface area contributed by atoms with Crippen LogP contribution in [-0.2, 0) is 10.4 Å². The molecule has 1 aliphatic heterocycles. The number of halogens is 6. The van der Waals surface area contributed by atoms with E-state index in [1.807, 2.05) is 0 Å². The van der Waals surface area contributed by atoms with Gasteiger partial charge >= 0.3 is 6.18 Å². The van der Waals surface area contributed by atoms with Crippen LogP contribution in [0.25, 0.3) is 5.52 Å². The highest BCUT2D eigenvalue weighted by molar-refractivity contribution is 6.48. The maximum Gasteiger partial charge on any atom is 0.435 e. The number of hydrogen-bond donors (Lipinski definition) is 2. The van der Waals surface area contributed by atoms with Crippen LogP contribution in [0.2, 0.25) is 15.1 Å². The summed E-state index contributed by atoms with van der Waals surface area (Å²) in [5, 5.41) is 22.4. The van der Waals surface area contributed by atoms with Crippen molar-refractivity contribution in [3.8, 4) is 0 Å². The van der Waals surface area contributed by atoms with Crippen LogP contribution >= 0.6 is 34.8 Å². The third kappa shape index (κ3) is 3.23. The predicted octanol–water partition coefficient (Wildman–Crippen LogP) is 5.46. The van der Waals surface area contributed by atoms with Gasteiger partial charge in [-0.2, -0.15) is 13.2 Å². The summed E-state index contributed by atoms with van der Waals surface area (Å²) in [6, 6.07) is 8.18. The fourth-order valence-corrected chi connectivity index (χ4v) is 4.04. The summed E-state index contributed by atoms with van der Waals surface area (Å²) in [5.74, 6) is 0. The minimum absolute atomic E-state index is 0.00898. The van der Waals surface area contributed by atoms with Crippen LogP contribution in [0.5, 0.6) is 0 Å². The van der Waals surface area contributed by atoms with E-state index in [4.69, 9.17) is 39.6 Å². The van der Waals surface area contributed by atoms with E-state index >= 15 is 0 Å². The van der Waals surface area contributed by atoms with Crippen LogP contribution in [0.15, 0.2) is 47.8 Å². The Morgan fingerprint density at radius 2 is 1.77 bits per heavy atom. The molecule has 0 fully saturated rings.